The van der Waals surface area contributed by atoms with Crippen LogP contribution in [0.2, 0.25) is 0 Å². The Morgan fingerprint density at radius 1 is 1.44 bits per heavy atom. The van der Waals surface area contributed by atoms with Gasteiger partial charge in [0.25, 0.3) is 0 Å². The second kappa shape index (κ2) is 4.43. The highest BCUT2D eigenvalue weighted by Crippen LogP contribution is 2.27. The fraction of sp³-hybridized carbons (Fsp3) is 0.417. The molecule has 0 fully saturated rings. The largest absolute Gasteiger partial charge is 0.397 e. The van der Waals surface area contributed by atoms with E-state index in [0.717, 1.165) is 28.8 Å². The number of fused-ring (bicyclic) bond motifs is 1. The number of hydrogen-bond donors (Lipinski definition) is 2. The highest BCUT2D eigenvalue weighted by Gasteiger charge is 2.07. The fourth-order valence-corrected chi connectivity index (χ4v) is 1.84. The van der Waals surface area contributed by atoms with Crippen molar-refractivity contribution in [3.8, 4) is 0 Å². The van der Waals surface area contributed by atoms with Crippen LogP contribution in [0.5, 0.6) is 0 Å². The molecule has 0 aliphatic heterocycles. The Bertz CT molecular complexity index is 475. The smallest absolute Gasteiger partial charge is 0.0672 e. The van der Waals surface area contributed by atoms with E-state index >= 15 is 0 Å². The number of rotatable bonds is 4. The van der Waals surface area contributed by atoms with Crippen molar-refractivity contribution in [3.63, 3.8) is 0 Å². The molecule has 4 nitrogen and oxygen atoms in total. The van der Waals surface area contributed by atoms with Crippen LogP contribution >= 0.6 is 0 Å². The van der Waals surface area contributed by atoms with Gasteiger partial charge in [0.15, 0.2) is 0 Å². The van der Waals surface area contributed by atoms with E-state index in [0.29, 0.717) is 0 Å². The summed E-state index contributed by atoms with van der Waals surface area (Å²) in [6.45, 7) is 3.22. The Kier molecular flexibility index (Phi) is 2.99. The van der Waals surface area contributed by atoms with Crippen LogP contribution < -0.4 is 10.6 Å². The Hall–Kier alpha value is -1.71. The lowest BCUT2D eigenvalue weighted by molar-refractivity contribution is 0.767. The van der Waals surface area contributed by atoms with Gasteiger partial charge in [-0.3, -0.25) is 5.10 Å². The predicted molar refractivity (Wildman–Crippen MR) is 68.7 cm³/mol. The molecule has 0 aliphatic rings. The summed E-state index contributed by atoms with van der Waals surface area (Å²) >= 11 is 0. The van der Waals surface area contributed by atoms with Crippen LogP contribution in [-0.4, -0.2) is 23.8 Å². The molecular weight excluding hydrogens is 200 g/mol. The summed E-state index contributed by atoms with van der Waals surface area (Å²) in [4.78, 5) is 2.19. The lowest BCUT2D eigenvalue weighted by Crippen LogP contribution is -2.19. The third-order valence-corrected chi connectivity index (χ3v) is 2.85. The van der Waals surface area contributed by atoms with Crippen molar-refractivity contribution in [3.05, 3.63) is 18.3 Å². The zero-order valence-electron chi connectivity index (χ0n) is 9.83. The number of aromatic amines is 1. The monoisotopic (exact) mass is 218 g/mol. The Labute approximate surface area is 95.4 Å². The Morgan fingerprint density at radius 3 is 3.00 bits per heavy atom. The van der Waals surface area contributed by atoms with Crippen molar-refractivity contribution in [2.45, 2.75) is 19.8 Å². The van der Waals surface area contributed by atoms with E-state index in [-0.39, 0.29) is 0 Å². The topological polar surface area (TPSA) is 57.9 Å². The van der Waals surface area contributed by atoms with Crippen LogP contribution in [0.1, 0.15) is 19.8 Å². The number of hydrogen-bond acceptors (Lipinski definition) is 3. The molecule has 0 saturated carbocycles. The van der Waals surface area contributed by atoms with Crippen LogP contribution in [0, 0.1) is 0 Å². The average molecular weight is 218 g/mol. The highest BCUT2D eigenvalue weighted by molar-refractivity contribution is 5.88. The van der Waals surface area contributed by atoms with Crippen molar-refractivity contribution in [2.24, 2.45) is 0 Å². The normalized spacial score (nSPS) is 10.9. The number of unbranched alkanes of at least 4 members (excludes halogenated alkanes) is 1. The van der Waals surface area contributed by atoms with Crippen LogP contribution in [0.25, 0.3) is 10.9 Å². The van der Waals surface area contributed by atoms with Gasteiger partial charge in [0, 0.05) is 19.0 Å². The minimum Gasteiger partial charge on any atom is -0.397 e. The Balaban J connectivity index is 2.31. The molecule has 0 aliphatic carbocycles. The molecule has 0 bridgehead atoms. The molecular formula is C12H18N4. The molecule has 1 heterocycles. The third kappa shape index (κ3) is 1.96. The van der Waals surface area contributed by atoms with Gasteiger partial charge in [-0.1, -0.05) is 13.3 Å². The number of anilines is 2. The molecule has 0 saturated heterocycles. The molecule has 1 aromatic carbocycles. The van der Waals surface area contributed by atoms with Gasteiger partial charge in [0.2, 0.25) is 0 Å². The van der Waals surface area contributed by atoms with E-state index in [4.69, 9.17) is 5.73 Å². The Morgan fingerprint density at radius 2 is 2.25 bits per heavy atom. The SMILES string of the molecule is CCCCN(C)c1cc2[nH]ncc2cc1N. The van der Waals surface area contributed by atoms with Crippen LogP contribution in [-0.2, 0) is 0 Å². The summed E-state index contributed by atoms with van der Waals surface area (Å²) in [5, 5.41) is 8.03. The zero-order valence-corrected chi connectivity index (χ0v) is 9.83. The van der Waals surface area contributed by atoms with Gasteiger partial charge in [0.1, 0.15) is 0 Å². The van der Waals surface area contributed by atoms with Crippen LogP contribution in [0.4, 0.5) is 11.4 Å². The van der Waals surface area contributed by atoms with Crippen molar-refractivity contribution >= 4 is 22.3 Å². The van der Waals surface area contributed by atoms with Crippen molar-refractivity contribution in [2.75, 3.05) is 24.2 Å². The maximum Gasteiger partial charge on any atom is 0.0672 e. The quantitative estimate of drug-likeness (QED) is 0.775. The summed E-state index contributed by atoms with van der Waals surface area (Å²) in [6.07, 6.45) is 4.16. The summed E-state index contributed by atoms with van der Waals surface area (Å²) in [5.41, 5.74) is 8.96. The number of H-pyrrole nitrogens is 1. The first-order valence-corrected chi connectivity index (χ1v) is 5.66. The first-order valence-electron chi connectivity index (χ1n) is 5.66. The van der Waals surface area contributed by atoms with E-state index in [1.54, 1.807) is 6.20 Å². The van der Waals surface area contributed by atoms with Gasteiger partial charge in [0.05, 0.1) is 23.1 Å². The summed E-state index contributed by atoms with van der Waals surface area (Å²) in [6, 6.07) is 4.03. The summed E-state index contributed by atoms with van der Waals surface area (Å²) in [7, 11) is 2.07. The molecule has 0 radical (unpaired) electrons. The second-order valence-electron chi connectivity index (χ2n) is 4.14. The number of nitrogen functional groups attached to an aromatic ring is 1. The van der Waals surface area contributed by atoms with Crippen LogP contribution in [0.3, 0.4) is 0 Å². The van der Waals surface area contributed by atoms with Crippen molar-refractivity contribution in [1.29, 1.82) is 0 Å². The van der Waals surface area contributed by atoms with E-state index in [1.165, 1.54) is 12.8 Å². The summed E-state index contributed by atoms with van der Waals surface area (Å²) < 4.78 is 0. The van der Waals surface area contributed by atoms with Gasteiger partial charge in [-0.05, 0) is 18.6 Å². The number of nitrogens with zero attached hydrogens (tertiary/aromatic N) is 2. The second-order valence-corrected chi connectivity index (χ2v) is 4.14. The molecule has 0 unspecified atom stereocenters. The molecule has 0 spiro atoms. The lowest BCUT2D eigenvalue weighted by atomic mass is 10.2. The van der Waals surface area contributed by atoms with Gasteiger partial charge < -0.3 is 10.6 Å². The lowest BCUT2D eigenvalue weighted by Gasteiger charge is -2.20. The molecule has 0 amide bonds. The van der Waals surface area contributed by atoms with E-state index in [2.05, 4.69) is 35.1 Å². The highest BCUT2D eigenvalue weighted by atomic mass is 15.1. The maximum atomic E-state index is 6.04. The number of nitrogens with two attached hydrogens (primary N) is 1. The predicted octanol–water partition coefficient (Wildman–Crippen LogP) is 2.38. The molecule has 86 valence electrons. The molecule has 3 N–H and O–H groups in total. The van der Waals surface area contributed by atoms with Gasteiger partial charge in [-0.2, -0.15) is 5.10 Å². The fourth-order valence-electron chi connectivity index (χ4n) is 1.84. The molecule has 4 heteroatoms. The summed E-state index contributed by atoms with van der Waals surface area (Å²) in [5.74, 6) is 0. The third-order valence-electron chi connectivity index (χ3n) is 2.85. The van der Waals surface area contributed by atoms with E-state index in [9.17, 15) is 0 Å². The van der Waals surface area contributed by atoms with E-state index < -0.39 is 0 Å². The van der Waals surface area contributed by atoms with Gasteiger partial charge in [-0.15, -0.1) is 0 Å². The van der Waals surface area contributed by atoms with Crippen molar-refractivity contribution < 1.29 is 0 Å². The number of aromatic nitrogens is 2. The molecule has 1 aromatic heterocycles. The minimum absolute atomic E-state index is 0.813. The van der Waals surface area contributed by atoms with E-state index in [1.807, 2.05) is 6.07 Å². The van der Waals surface area contributed by atoms with Gasteiger partial charge >= 0.3 is 0 Å². The van der Waals surface area contributed by atoms with Crippen LogP contribution in [0.15, 0.2) is 18.3 Å². The minimum atomic E-state index is 0.813. The zero-order chi connectivity index (χ0) is 11.5. The van der Waals surface area contributed by atoms with Gasteiger partial charge in [-0.25, -0.2) is 0 Å². The first kappa shape index (κ1) is 10.8. The standard InChI is InChI=1S/C12H18N4/c1-3-4-5-16(2)12-7-11-9(6-10(12)13)8-14-15-11/h6-8H,3-5,13H2,1-2H3,(H,14,15). The number of nitrogens with one attached hydrogen (secondary N) is 1. The molecule has 16 heavy (non-hydrogen) atoms. The van der Waals surface area contributed by atoms with Crippen molar-refractivity contribution in [1.82, 2.24) is 10.2 Å². The first-order chi connectivity index (χ1) is 7.72. The molecule has 2 aromatic rings. The molecule has 0 atom stereocenters. The molecule has 2 rings (SSSR count). The number of benzene rings is 1. The maximum absolute atomic E-state index is 6.04. The average Bonchev–Trinajstić information content (AvgIpc) is 2.71.